The molecule has 0 spiro atoms. The molecule has 20 heavy (non-hydrogen) atoms. The number of hydrogen-bond donors (Lipinski definition) is 0. The molecule has 0 unspecified atom stereocenters. The average molecular weight is 280 g/mol. The average Bonchev–Trinajstić information content (AvgIpc) is 3.26. The number of nitrogens with zero attached hydrogens (tertiary/aromatic N) is 2. The Labute approximate surface area is 115 Å². The molecule has 2 saturated carbocycles. The van der Waals surface area contributed by atoms with Crippen molar-refractivity contribution in [2.75, 3.05) is 11.4 Å². The number of hydrogen-bond acceptors (Lipinski definition) is 2. The van der Waals surface area contributed by atoms with Crippen molar-refractivity contribution in [2.24, 2.45) is 5.92 Å². The molecule has 0 radical (unpaired) electrons. The predicted octanol–water partition coefficient (Wildman–Crippen LogP) is 3.96. The summed E-state index contributed by atoms with van der Waals surface area (Å²) in [6, 6.07) is 5.84. The maximum atomic E-state index is 12.7. The number of halogens is 3. The molecule has 1 aromatic rings. The van der Waals surface area contributed by atoms with Crippen LogP contribution in [0.3, 0.4) is 0 Å². The molecular weight excluding hydrogens is 265 g/mol. The minimum atomic E-state index is -4.40. The molecule has 2 fully saturated rings. The highest BCUT2D eigenvalue weighted by atomic mass is 19.4. The van der Waals surface area contributed by atoms with Crippen molar-refractivity contribution in [2.45, 2.75) is 37.9 Å². The van der Waals surface area contributed by atoms with Gasteiger partial charge < -0.3 is 4.90 Å². The number of nitriles is 1. The summed E-state index contributed by atoms with van der Waals surface area (Å²) in [7, 11) is 0. The van der Waals surface area contributed by atoms with E-state index >= 15 is 0 Å². The van der Waals surface area contributed by atoms with Gasteiger partial charge in [-0.25, -0.2) is 0 Å². The fraction of sp³-hybridized carbons (Fsp3) is 0.533. The summed E-state index contributed by atoms with van der Waals surface area (Å²) in [5.74, 6) is 0.643. The Morgan fingerprint density at radius 2 is 1.90 bits per heavy atom. The van der Waals surface area contributed by atoms with E-state index in [0.717, 1.165) is 31.5 Å². The van der Waals surface area contributed by atoms with Crippen molar-refractivity contribution in [3.8, 4) is 6.07 Å². The van der Waals surface area contributed by atoms with Crippen LogP contribution in [0.1, 0.15) is 36.8 Å². The van der Waals surface area contributed by atoms with Crippen LogP contribution in [0.2, 0.25) is 0 Å². The van der Waals surface area contributed by atoms with Gasteiger partial charge in [-0.2, -0.15) is 18.4 Å². The summed E-state index contributed by atoms with van der Waals surface area (Å²) in [5, 5.41) is 9.17. The molecule has 0 N–H and O–H groups in total. The van der Waals surface area contributed by atoms with Crippen LogP contribution in [0.15, 0.2) is 18.2 Å². The molecule has 0 amide bonds. The second-order valence-electron chi connectivity index (χ2n) is 5.67. The topological polar surface area (TPSA) is 27.0 Å². The summed E-state index contributed by atoms with van der Waals surface area (Å²) in [4.78, 5) is 2.14. The summed E-state index contributed by atoms with van der Waals surface area (Å²) < 4.78 is 38.1. The standard InChI is InChI=1S/C15H15F3N2/c16-15(17,18)12-3-6-14(11(7-12)8-19)20(13-4-5-13)9-10-1-2-10/h3,6-7,10,13H,1-2,4-5,9H2. The van der Waals surface area contributed by atoms with Crippen LogP contribution in [0.5, 0.6) is 0 Å². The summed E-state index contributed by atoms with van der Waals surface area (Å²) in [5.41, 5.74) is 0.0437. The van der Waals surface area contributed by atoms with Crippen LogP contribution in [0.25, 0.3) is 0 Å². The lowest BCUT2D eigenvalue weighted by Gasteiger charge is -2.26. The van der Waals surface area contributed by atoms with E-state index in [1.165, 1.54) is 18.9 Å². The van der Waals surface area contributed by atoms with Crippen molar-refractivity contribution in [1.82, 2.24) is 0 Å². The predicted molar refractivity (Wildman–Crippen MR) is 69.3 cm³/mol. The summed E-state index contributed by atoms with van der Waals surface area (Å²) in [6.07, 6.45) is 0.111. The van der Waals surface area contributed by atoms with Gasteiger partial charge in [-0.3, -0.25) is 0 Å². The highest BCUT2D eigenvalue weighted by Crippen LogP contribution is 2.40. The van der Waals surface area contributed by atoms with E-state index in [1.807, 2.05) is 6.07 Å². The Morgan fingerprint density at radius 3 is 2.40 bits per heavy atom. The van der Waals surface area contributed by atoms with E-state index in [1.54, 1.807) is 0 Å². The molecule has 106 valence electrons. The SMILES string of the molecule is N#Cc1cc(C(F)(F)F)ccc1N(CC1CC1)C1CC1. The molecule has 0 aromatic heterocycles. The maximum absolute atomic E-state index is 12.7. The number of rotatable bonds is 4. The highest BCUT2D eigenvalue weighted by molar-refractivity contribution is 5.62. The monoisotopic (exact) mass is 280 g/mol. The van der Waals surface area contributed by atoms with Crippen LogP contribution >= 0.6 is 0 Å². The zero-order valence-electron chi connectivity index (χ0n) is 11.0. The quantitative estimate of drug-likeness (QED) is 0.834. The van der Waals surface area contributed by atoms with Crippen LogP contribution in [-0.2, 0) is 6.18 Å². The molecule has 2 aliphatic rings. The van der Waals surface area contributed by atoms with Crippen LogP contribution in [-0.4, -0.2) is 12.6 Å². The maximum Gasteiger partial charge on any atom is 0.416 e. The van der Waals surface area contributed by atoms with Crippen molar-refractivity contribution in [3.63, 3.8) is 0 Å². The molecule has 3 rings (SSSR count). The second-order valence-corrected chi connectivity index (χ2v) is 5.67. The van der Waals surface area contributed by atoms with Gasteiger partial charge >= 0.3 is 6.18 Å². The van der Waals surface area contributed by atoms with E-state index in [4.69, 9.17) is 5.26 Å². The Kier molecular flexibility index (Phi) is 3.12. The van der Waals surface area contributed by atoms with Crippen LogP contribution in [0.4, 0.5) is 18.9 Å². The normalized spacial score (nSPS) is 18.7. The molecule has 0 saturated heterocycles. The van der Waals surface area contributed by atoms with Gasteiger partial charge in [0.2, 0.25) is 0 Å². The first-order valence-electron chi connectivity index (χ1n) is 6.87. The molecule has 1 aromatic carbocycles. The van der Waals surface area contributed by atoms with Gasteiger partial charge in [0.05, 0.1) is 16.8 Å². The third-order valence-corrected chi connectivity index (χ3v) is 3.89. The van der Waals surface area contributed by atoms with E-state index < -0.39 is 11.7 Å². The van der Waals surface area contributed by atoms with Crippen molar-refractivity contribution in [3.05, 3.63) is 29.3 Å². The first kappa shape index (κ1) is 13.3. The van der Waals surface area contributed by atoms with Gasteiger partial charge in [-0.1, -0.05) is 0 Å². The third kappa shape index (κ3) is 2.74. The molecule has 0 bridgehead atoms. The summed E-state index contributed by atoms with van der Waals surface area (Å²) in [6.45, 7) is 0.866. The minimum absolute atomic E-state index is 0.132. The summed E-state index contributed by atoms with van der Waals surface area (Å²) >= 11 is 0. The van der Waals surface area contributed by atoms with Gasteiger partial charge in [-0.15, -0.1) is 0 Å². The van der Waals surface area contributed by atoms with Gasteiger partial charge in [0.25, 0.3) is 0 Å². The minimum Gasteiger partial charge on any atom is -0.367 e. The molecule has 0 aliphatic heterocycles. The Morgan fingerprint density at radius 1 is 1.20 bits per heavy atom. The lowest BCUT2D eigenvalue weighted by molar-refractivity contribution is -0.137. The Bertz CT molecular complexity index is 551. The fourth-order valence-corrected chi connectivity index (χ4v) is 2.46. The molecular formula is C15H15F3N2. The van der Waals surface area contributed by atoms with E-state index in [0.29, 0.717) is 17.6 Å². The fourth-order valence-electron chi connectivity index (χ4n) is 2.46. The van der Waals surface area contributed by atoms with Crippen molar-refractivity contribution < 1.29 is 13.2 Å². The zero-order chi connectivity index (χ0) is 14.3. The third-order valence-electron chi connectivity index (χ3n) is 3.89. The highest BCUT2D eigenvalue weighted by Gasteiger charge is 2.36. The first-order valence-corrected chi connectivity index (χ1v) is 6.87. The van der Waals surface area contributed by atoms with Gasteiger partial charge in [0.15, 0.2) is 0 Å². The van der Waals surface area contributed by atoms with E-state index in [9.17, 15) is 13.2 Å². The Balaban J connectivity index is 1.92. The first-order chi connectivity index (χ1) is 9.49. The smallest absolute Gasteiger partial charge is 0.367 e. The lowest BCUT2D eigenvalue weighted by Crippen LogP contribution is -2.29. The number of anilines is 1. The lowest BCUT2D eigenvalue weighted by atomic mass is 10.1. The van der Waals surface area contributed by atoms with E-state index in [-0.39, 0.29) is 5.56 Å². The molecule has 2 aliphatic carbocycles. The molecule has 0 atom stereocenters. The number of alkyl halides is 3. The van der Waals surface area contributed by atoms with Gasteiger partial charge in [0, 0.05) is 12.6 Å². The van der Waals surface area contributed by atoms with E-state index in [2.05, 4.69) is 4.90 Å². The van der Waals surface area contributed by atoms with Crippen LogP contribution in [0, 0.1) is 17.2 Å². The van der Waals surface area contributed by atoms with Gasteiger partial charge in [-0.05, 0) is 49.8 Å². The molecule has 0 heterocycles. The molecule has 2 nitrogen and oxygen atoms in total. The Hall–Kier alpha value is -1.70. The largest absolute Gasteiger partial charge is 0.416 e. The van der Waals surface area contributed by atoms with Crippen molar-refractivity contribution >= 4 is 5.69 Å². The van der Waals surface area contributed by atoms with Crippen LogP contribution < -0.4 is 4.90 Å². The zero-order valence-corrected chi connectivity index (χ0v) is 11.0. The van der Waals surface area contributed by atoms with Crippen molar-refractivity contribution in [1.29, 1.82) is 5.26 Å². The number of benzene rings is 1. The van der Waals surface area contributed by atoms with Gasteiger partial charge in [0.1, 0.15) is 6.07 Å². The second kappa shape index (κ2) is 4.69. The molecule has 5 heteroatoms.